The largest absolute Gasteiger partial charge is 0.316 e. The van der Waals surface area contributed by atoms with Crippen LogP contribution >= 0.6 is 15.9 Å². The Morgan fingerprint density at radius 3 is 2.84 bits per heavy atom. The summed E-state index contributed by atoms with van der Waals surface area (Å²) in [6.45, 7) is 9.03. The first-order valence-electron chi connectivity index (χ1n) is 7.24. The highest BCUT2D eigenvalue weighted by molar-refractivity contribution is 9.10. The number of aryl methyl sites for hydroxylation is 2. The molecule has 19 heavy (non-hydrogen) atoms. The Morgan fingerprint density at radius 2 is 2.21 bits per heavy atom. The van der Waals surface area contributed by atoms with Crippen molar-refractivity contribution in [1.82, 2.24) is 20.0 Å². The van der Waals surface area contributed by atoms with Crippen molar-refractivity contribution < 1.29 is 0 Å². The Kier molecular flexibility index (Phi) is 3.71. The summed E-state index contributed by atoms with van der Waals surface area (Å²) in [4.78, 5) is 2.66. The fourth-order valence-corrected chi connectivity index (χ4v) is 4.36. The second kappa shape index (κ2) is 5.19. The Bertz CT molecular complexity index is 470. The maximum atomic E-state index is 4.51. The van der Waals surface area contributed by atoms with Gasteiger partial charge in [-0.25, -0.2) is 0 Å². The number of likely N-dealkylation sites (tertiary alicyclic amines) is 1. The highest BCUT2D eigenvalue weighted by Crippen LogP contribution is 2.36. The summed E-state index contributed by atoms with van der Waals surface area (Å²) in [5.74, 6) is 1.69. The predicted octanol–water partition coefficient (Wildman–Crippen LogP) is 1.92. The lowest BCUT2D eigenvalue weighted by atomic mass is 9.93. The van der Waals surface area contributed by atoms with E-state index in [-0.39, 0.29) is 0 Å². The van der Waals surface area contributed by atoms with Gasteiger partial charge in [-0.2, -0.15) is 5.10 Å². The quantitative estimate of drug-likeness (QED) is 0.921. The van der Waals surface area contributed by atoms with Crippen molar-refractivity contribution >= 4 is 15.9 Å². The molecule has 3 rings (SSSR count). The molecule has 2 aliphatic rings. The van der Waals surface area contributed by atoms with Gasteiger partial charge in [-0.1, -0.05) is 6.92 Å². The number of nitrogens with zero attached hydrogens (tertiary/aromatic N) is 3. The van der Waals surface area contributed by atoms with E-state index in [1.165, 1.54) is 36.2 Å². The predicted molar refractivity (Wildman–Crippen MR) is 80.0 cm³/mol. The van der Waals surface area contributed by atoms with Crippen LogP contribution in [0.5, 0.6) is 0 Å². The molecule has 3 atom stereocenters. The highest BCUT2D eigenvalue weighted by Gasteiger charge is 2.43. The number of aromatic nitrogens is 2. The number of rotatable bonds is 3. The second-order valence-corrected chi connectivity index (χ2v) is 6.75. The van der Waals surface area contributed by atoms with Gasteiger partial charge in [-0.15, -0.1) is 0 Å². The minimum absolute atomic E-state index is 0.724. The first-order chi connectivity index (χ1) is 9.11. The van der Waals surface area contributed by atoms with Crippen molar-refractivity contribution in [3.8, 4) is 0 Å². The van der Waals surface area contributed by atoms with Crippen LogP contribution in [-0.2, 0) is 13.6 Å². The van der Waals surface area contributed by atoms with E-state index in [2.05, 4.69) is 45.1 Å². The summed E-state index contributed by atoms with van der Waals surface area (Å²) >= 11 is 3.69. The molecule has 0 aromatic carbocycles. The van der Waals surface area contributed by atoms with Crippen molar-refractivity contribution in [3.05, 3.63) is 15.9 Å². The molecule has 1 aromatic heterocycles. The van der Waals surface area contributed by atoms with Crippen LogP contribution in [0, 0.1) is 18.8 Å². The number of hydrogen-bond acceptors (Lipinski definition) is 3. The molecule has 4 nitrogen and oxygen atoms in total. The summed E-state index contributed by atoms with van der Waals surface area (Å²) in [7, 11) is 2.05. The molecule has 5 heteroatoms. The van der Waals surface area contributed by atoms with Crippen LogP contribution in [0.15, 0.2) is 4.47 Å². The topological polar surface area (TPSA) is 33.1 Å². The molecular formula is C14H23BrN4. The lowest BCUT2D eigenvalue weighted by Gasteiger charge is -2.26. The lowest BCUT2D eigenvalue weighted by Crippen LogP contribution is -2.35. The molecule has 1 aromatic rings. The standard InChI is InChI=1S/C14H23BrN4/c1-4-12-11-6-16-5-10(11)7-19(12)8-13-14(15)9(2)17-18(13)3/h10-12,16H,4-8H2,1-3H3. The number of halogens is 1. The van der Waals surface area contributed by atoms with Crippen LogP contribution in [0.25, 0.3) is 0 Å². The summed E-state index contributed by atoms with van der Waals surface area (Å²) < 4.78 is 3.21. The average molecular weight is 327 g/mol. The molecule has 1 N–H and O–H groups in total. The third-order valence-electron chi connectivity index (χ3n) is 4.86. The third-order valence-corrected chi connectivity index (χ3v) is 5.89. The first-order valence-corrected chi connectivity index (χ1v) is 8.03. The lowest BCUT2D eigenvalue weighted by molar-refractivity contribution is 0.205. The van der Waals surface area contributed by atoms with Gasteiger partial charge in [0.2, 0.25) is 0 Å². The summed E-state index contributed by atoms with van der Waals surface area (Å²) in [5, 5.41) is 8.05. The Balaban J connectivity index is 1.79. The molecule has 0 bridgehead atoms. The number of hydrogen-bond donors (Lipinski definition) is 1. The van der Waals surface area contributed by atoms with E-state index in [0.717, 1.165) is 30.1 Å². The Hall–Kier alpha value is -0.390. The average Bonchev–Trinajstić information content (AvgIpc) is 2.99. The zero-order valence-corrected chi connectivity index (χ0v) is 13.6. The molecule has 2 aliphatic heterocycles. The zero-order chi connectivity index (χ0) is 13.6. The number of fused-ring (bicyclic) bond motifs is 1. The van der Waals surface area contributed by atoms with Crippen molar-refractivity contribution in [1.29, 1.82) is 0 Å². The van der Waals surface area contributed by atoms with Gasteiger partial charge < -0.3 is 5.32 Å². The van der Waals surface area contributed by atoms with Gasteiger partial charge in [0.1, 0.15) is 0 Å². The van der Waals surface area contributed by atoms with Crippen LogP contribution in [0.4, 0.5) is 0 Å². The van der Waals surface area contributed by atoms with Gasteiger partial charge in [-0.05, 0) is 54.2 Å². The van der Waals surface area contributed by atoms with Crippen molar-refractivity contribution in [2.45, 2.75) is 32.9 Å². The van der Waals surface area contributed by atoms with Crippen LogP contribution in [-0.4, -0.2) is 40.4 Å². The first kappa shape index (κ1) is 13.6. The van der Waals surface area contributed by atoms with E-state index in [1.54, 1.807) is 0 Å². The van der Waals surface area contributed by atoms with E-state index in [4.69, 9.17) is 0 Å². The van der Waals surface area contributed by atoms with Gasteiger partial charge in [0, 0.05) is 26.2 Å². The number of nitrogens with one attached hydrogen (secondary N) is 1. The highest BCUT2D eigenvalue weighted by atomic mass is 79.9. The van der Waals surface area contributed by atoms with Crippen LogP contribution in [0.2, 0.25) is 0 Å². The second-order valence-electron chi connectivity index (χ2n) is 5.96. The van der Waals surface area contributed by atoms with Crippen molar-refractivity contribution in [3.63, 3.8) is 0 Å². The maximum Gasteiger partial charge on any atom is 0.0739 e. The monoisotopic (exact) mass is 326 g/mol. The zero-order valence-electron chi connectivity index (χ0n) is 12.0. The van der Waals surface area contributed by atoms with Gasteiger partial charge in [0.15, 0.2) is 0 Å². The van der Waals surface area contributed by atoms with E-state index >= 15 is 0 Å². The van der Waals surface area contributed by atoms with Gasteiger partial charge >= 0.3 is 0 Å². The third kappa shape index (κ3) is 2.26. The molecule has 0 radical (unpaired) electrons. The fraction of sp³-hybridized carbons (Fsp3) is 0.786. The van der Waals surface area contributed by atoms with Gasteiger partial charge in [0.05, 0.1) is 15.9 Å². The fourth-order valence-electron chi connectivity index (χ4n) is 3.90. The van der Waals surface area contributed by atoms with E-state index < -0.39 is 0 Å². The van der Waals surface area contributed by atoms with E-state index in [0.29, 0.717) is 0 Å². The molecule has 0 saturated carbocycles. The summed E-state index contributed by atoms with van der Waals surface area (Å²) in [6.07, 6.45) is 1.25. The van der Waals surface area contributed by atoms with Crippen molar-refractivity contribution in [2.24, 2.45) is 18.9 Å². The minimum atomic E-state index is 0.724. The minimum Gasteiger partial charge on any atom is -0.316 e. The normalized spacial score (nSPS) is 31.1. The Labute approximate surface area is 123 Å². The summed E-state index contributed by atoms with van der Waals surface area (Å²) in [6, 6.07) is 0.724. The van der Waals surface area contributed by atoms with Crippen LogP contribution in [0.1, 0.15) is 24.7 Å². The summed E-state index contributed by atoms with van der Waals surface area (Å²) in [5.41, 5.74) is 2.40. The smallest absolute Gasteiger partial charge is 0.0739 e. The molecule has 106 valence electrons. The molecular weight excluding hydrogens is 304 g/mol. The molecule has 2 saturated heterocycles. The van der Waals surface area contributed by atoms with Crippen LogP contribution < -0.4 is 5.32 Å². The SMILES string of the molecule is CCC1C2CNCC2CN1Cc1c(Br)c(C)nn1C. The van der Waals surface area contributed by atoms with E-state index in [9.17, 15) is 0 Å². The molecule has 0 amide bonds. The molecule has 3 heterocycles. The molecule has 0 aliphatic carbocycles. The molecule has 3 unspecified atom stereocenters. The van der Waals surface area contributed by atoms with Crippen LogP contribution in [0.3, 0.4) is 0 Å². The van der Waals surface area contributed by atoms with Crippen molar-refractivity contribution in [2.75, 3.05) is 19.6 Å². The van der Waals surface area contributed by atoms with E-state index in [1.807, 2.05) is 11.7 Å². The van der Waals surface area contributed by atoms with Gasteiger partial charge in [-0.3, -0.25) is 9.58 Å². The van der Waals surface area contributed by atoms with Gasteiger partial charge in [0.25, 0.3) is 0 Å². The maximum absolute atomic E-state index is 4.51. The molecule has 2 fully saturated rings. The Morgan fingerprint density at radius 1 is 1.42 bits per heavy atom. The molecule has 0 spiro atoms.